The zero-order valence-corrected chi connectivity index (χ0v) is 16.8. The lowest BCUT2D eigenvalue weighted by atomic mass is 9.87. The van der Waals surface area contributed by atoms with Gasteiger partial charge in [-0.15, -0.1) is 0 Å². The van der Waals surface area contributed by atoms with Gasteiger partial charge in [-0.25, -0.2) is 8.60 Å². The smallest absolute Gasteiger partial charge is 0.245 e. The molecule has 0 amide bonds. The van der Waals surface area contributed by atoms with Crippen LogP contribution in [0.4, 0.5) is 43.9 Å². The molecule has 0 spiro atoms. The molecule has 1 atom stereocenters. The molecule has 0 aromatic heterocycles. The van der Waals surface area contributed by atoms with Crippen molar-refractivity contribution >= 4 is 26.7 Å². The minimum absolute atomic E-state index is 0.0469. The van der Waals surface area contributed by atoms with Gasteiger partial charge in [-0.3, -0.25) is 0 Å². The van der Waals surface area contributed by atoms with Gasteiger partial charge < -0.3 is 0 Å². The summed E-state index contributed by atoms with van der Waals surface area (Å²) in [4.78, 5) is -1.53. The van der Waals surface area contributed by atoms with Crippen LogP contribution in [-0.2, 0) is 16.5 Å². The Labute approximate surface area is 178 Å². The monoisotopic (exact) mass is 541 g/mol. The van der Waals surface area contributed by atoms with E-state index < -0.39 is 60.4 Å². The van der Waals surface area contributed by atoms with Gasteiger partial charge in [0.05, 0.1) is 11.6 Å². The number of benzene rings is 2. The largest absolute Gasteiger partial charge is 0.475 e. The van der Waals surface area contributed by atoms with E-state index in [1.807, 2.05) is 0 Å². The van der Waals surface area contributed by atoms with Crippen molar-refractivity contribution in [1.82, 2.24) is 0 Å². The first-order chi connectivity index (χ1) is 13.9. The highest BCUT2D eigenvalue weighted by Gasteiger charge is 2.74. The van der Waals surface area contributed by atoms with Gasteiger partial charge in [-0.05, 0) is 29.8 Å². The van der Waals surface area contributed by atoms with E-state index in [2.05, 4.69) is 15.9 Å². The molecule has 14 heteroatoms. The molecule has 2 rings (SSSR count). The Bertz CT molecular complexity index is 1040. The molecule has 0 radical (unpaired) electrons. The van der Waals surface area contributed by atoms with Gasteiger partial charge in [0, 0.05) is 20.5 Å². The second kappa shape index (κ2) is 8.09. The van der Waals surface area contributed by atoms with Crippen LogP contribution in [0.1, 0.15) is 11.1 Å². The van der Waals surface area contributed by atoms with Crippen LogP contribution in [0.5, 0.6) is 0 Å². The van der Waals surface area contributed by atoms with Crippen molar-refractivity contribution in [2.24, 2.45) is 0 Å². The van der Waals surface area contributed by atoms with Crippen molar-refractivity contribution in [3.05, 3.63) is 52.0 Å². The summed E-state index contributed by atoms with van der Waals surface area (Å²) < 4.78 is 144. The SMILES string of the molecule is N#Cc1ccc(-c2c(Br)cc(S(=O)C(F)(F)F)cc2C(F)(C(F)(F)F)C(F)(F)F)cc1. The summed E-state index contributed by atoms with van der Waals surface area (Å²) in [5.41, 5.74) is -15.5. The van der Waals surface area contributed by atoms with E-state index in [-0.39, 0.29) is 11.6 Å². The molecular formula is C17H6BrF10NOS. The first-order valence-corrected chi connectivity index (χ1v) is 9.55. The number of rotatable bonds is 3. The summed E-state index contributed by atoms with van der Waals surface area (Å²) in [6.07, 6.45) is -13.3. The molecule has 0 N–H and O–H groups in total. The fraction of sp³-hybridized carbons (Fsp3) is 0.235. The Morgan fingerprint density at radius 3 is 1.71 bits per heavy atom. The second-order valence-electron chi connectivity index (χ2n) is 5.89. The zero-order chi connectivity index (χ0) is 24.0. The Kier molecular flexibility index (Phi) is 6.55. The van der Waals surface area contributed by atoms with Crippen LogP contribution < -0.4 is 0 Å². The molecule has 0 aliphatic rings. The van der Waals surface area contributed by atoms with E-state index >= 15 is 0 Å². The van der Waals surface area contributed by atoms with Crippen molar-refractivity contribution in [3.63, 3.8) is 0 Å². The molecule has 0 heterocycles. The molecule has 0 fully saturated rings. The lowest BCUT2D eigenvalue weighted by Gasteiger charge is -2.32. The molecule has 0 aliphatic heterocycles. The second-order valence-corrected chi connectivity index (χ2v) is 8.21. The third-order valence-electron chi connectivity index (χ3n) is 3.94. The number of nitriles is 1. The standard InChI is InChI=1S/C17H6BrF10NOS/c18-12-6-10(31(30)17(26,27)28)5-11(14(19,15(20,21)22)16(23,24)25)13(12)9-3-1-8(7-29)2-4-9/h1-6H. The third-order valence-corrected chi connectivity index (χ3v) is 5.65. The predicted molar refractivity (Wildman–Crippen MR) is 91.7 cm³/mol. The molecule has 2 nitrogen and oxygen atoms in total. The van der Waals surface area contributed by atoms with Gasteiger partial charge >= 0.3 is 23.5 Å². The Morgan fingerprint density at radius 1 is 0.839 bits per heavy atom. The summed E-state index contributed by atoms with van der Waals surface area (Å²) in [6.45, 7) is 0. The fourth-order valence-corrected chi connectivity index (χ4v) is 4.12. The van der Waals surface area contributed by atoms with Gasteiger partial charge in [0.25, 0.3) is 0 Å². The fourth-order valence-electron chi connectivity index (χ4n) is 2.57. The van der Waals surface area contributed by atoms with E-state index in [1.54, 1.807) is 6.07 Å². The normalized spacial score (nSPS) is 14.3. The van der Waals surface area contributed by atoms with E-state index in [0.29, 0.717) is 6.07 Å². The lowest BCUT2D eigenvalue weighted by Crippen LogP contribution is -2.50. The molecule has 31 heavy (non-hydrogen) atoms. The van der Waals surface area contributed by atoms with Crippen LogP contribution in [-0.4, -0.2) is 22.1 Å². The number of hydrogen-bond donors (Lipinski definition) is 0. The van der Waals surface area contributed by atoms with Crippen molar-refractivity contribution in [3.8, 4) is 17.2 Å². The molecule has 0 bridgehead atoms. The van der Waals surface area contributed by atoms with Crippen LogP contribution in [0.15, 0.2) is 45.8 Å². The number of alkyl halides is 10. The molecule has 0 saturated heterocycles. The Morgan fingerprint density at radius 2 is 1.32 bits per heavy atom. The van der Waals surface area contributed by atoms with Crippen LogP contribution >= 0.6 is 15.9 Å². The third kappa shape index (κ3) is 4.57. The van der Waals surface area contributed by atoms with Crippen LogP contribution in [0.3, 0.4) is 0 Å². The van der Waals surface area contributed by atoms with Crippen molar-refractivity contribution in [2.45, 2.75) is 28.4 Å². The summed E-state index contributed by atoms with van der Waals surface area (Å²) in [5.74, 6) is 0. The summed E-state index contributed by atoms with van der Waals surface area (Å²) >= 11 is 2.56. The maximum absolute atomic E-state index is 14.8. The Hall–Kier alpha value is -2.14. The first-order valence-electron chi connectivity index (χ1n) is 7.60. The van der Waals surface area contributed by atoms with Crippen molar-refractivity contribution in [1.29, 1.82) is 5.26 Å². The highest BCUT2D eigenvalue weighted by atomic mass is 79.9. The minimum atomic E-state index is -6.63. The van der Waals surface area contributed by atoms with Gasteiger partial charge in [-0.1, -0.05) is 28.1 Å². The molecule has 0 aliphatic carbocycles. The summed E-state index contributed by atoms with van der Waals surface area (Å²) in [5, 5.41) is 8.77. The molecule has 1 unspecified atom stereocenters. The van der Waals surface area contributed by atoms with E-state index in [9.17, 15) is 48.1 Å². The summed E-state index contributed by atoms with van der Waals surface area (Å²) in [7, 11) is -4.05. The minimum Gasteiger partial charge on any atom is -0.245 e. The number of nitrogens with zero attached hydrogens (tertiary/aromatic N) is 1. The molecule has 168 valence electrons. The summed E-state index contributed by atoms with van der Waals surface area (Å²) in [6, 6.07) is 5.41. The van der Waals surface area contributed by atoms with E-state index in [4.69, 9.17) is 5.26 Å². The maximum atomic E-state index is 14.8. The van der Waals surface area contributed by atoms with Crippen LogP contribution in [0, 0.1) is 11.3 Å². The average molecular weight is 542 g/mol. The van der Waals surface area contributed by atoms with E-state index in [1.165, 1.54) is 0 Å². The van der Waals surface area contributed by atoms with Crippen molar-refractivity contribution < 1.29 is 48.1 Å². The zero-order valence-electron chi connectivity index (χ0n) is 14.4. The molecule has 2 aromatic rings. The van der Waals surface area contributed by atoms with Gasteiger partial charge in [0.2, 0.25) is 0 Å². The first kappa shape index (κ1) is 25.1. The van der Waals surface area contributed by atoms with Crippen LogP contribution in [0.25, 0.3) is 11.1 Å². The van der Waals surface area contributed by atoms with E-state index in [0.717, 1.165) is 24.3 Å². The van der Waals surface area contributed by atoms with Gasteiger partial charge in [0.1, 0.15) is 0 Å². The maximum Gasteiger partial charge on any atom is 0.475 e. The average Bonchev–Trinajstić information content (AvgIpc) is 2.63. The topological polar surface area (TPSA) is 40.9 Å². The van der Waals surface area contributed by atoms with Crippen LogP contribution in [0.2, 0.25) is 0 Å². The number of hydrogen-bond acceptors (Lipinski definition) is 2. The van der Waals surface area contributed by atoms with Gasteiger partial charge in [0.15, 0.2) is 10.8 Å². The Balaban J connectivity index is 3.00. The predicted octanol–water partition coefficient (Wildman–Crippen LogP) is 6.90. The molecule has 0 saturated carbocycles. The lowest BCUT2D eigenvalue weighted by molar-refractivity contribution is -0.348. The highest BCUT2D eigenvalue weighted by Crippen LogP contribution is 2.56. The van der Waals surface area contributed by atoms with Gasteiger partial charge in [-0.2, -0.15) is 44.8 Å². The quantitative estimate of drug-likeness (QED) is 0.396. The number of halogens is 11. The van der Waals surface area contributed by atoms with Crippen molar-refractivity contribution in [2.75, 3.05) is 0 Å². The molecular weight excluding hydrogens is 536 g/mol. The molecule has 2 aromatic carbocycles. The highest BCUT2D eigenvalue weighted by molar-refractivity contribution is 9.10.